The van der Waals surface area contributed by atoms with Crippen molar-refractivity contribution in [3.05, 3.63) is 63.4 Å². The number of hydrogen-bond donors (Lipinski definition) is 1. The molecule has 0 amide bonds. The van der Waals surface area contributed by atoms with Gasteiger partial charge in [-0.2, -0.15) is 0 Å². The molecule has 0 radical (unpaired) electrons. The van der Waals surface area contributed by atoms with E-state index in [4.69, 9.17) is 0 Å². The predicted molar refractivity (Wildman–Crippen MR) is 86.7 cm³/mol. The number of benzene rings is 2. The molecule has 3 heteroatoms. The van der Waals surface area contributed by atoms with Gasteiger partial charge in [0, 0.05) is 5.69 Å². The molecule has 2 aromatic carbocycles. The third-order valence-corrected chi connectivity index (χ3v) is 4.09. The summed E-state index contributed by atoms with van der Waals surface area (Å²) in [6, 6.07) is 12.1. The Balaban J connectivity index is 2.26. The van der Waals surface area contributed by atoms with Crippen LogP contribution in [-0.4, -0.2) is 0 Å². The normalized spacial score (nSPS) is 12.2. The fourth-order valence-corrected chi connectivity index (χ4v) is 2.55. The Hall–Kier alpha value is -1.35. The average molecular weight is 336 g/mol. The van der Waals surface area contributed by atoms with E-state index in [2.05, 4.69) is 59.4 Å². The van der Waals surface area contributed by atoms with E-state index in [1.165, 1.54) is 11.1 Å². The van der Waals surface area contributed by atoms with E-state index in [1.54, 1.807) is 6.07 Å². The summed E-state index contributed by atoms with van der Waals surface area (Å²) in [6.45, 7) is 6.14. The smallest absolute Gasteiger partial charge is 0.137 e. The number of hydrogen-bond acceptors (Lipinski definition) is 1. The van der Waals surface area contributed by atoms with Crippen LogP contribution in [-0.2, 0) is 0 Å². The summed E-state index contributed by atoms with van der Waals surface area (Å²) in [5.74, 6) is -0.226. The predicted octanol–water partition coefficient (Wildman–Crippen LogP) is 5.77. The maximum Gasteiger partial charge on any atom is 0.137 e. The summed E-state index contributed by atoms with van der Waals surface area (Å²) < 4.78 is 14.0. The fourth-order valence-electron chi connectivity index (χ4n) is 2.21. The summed E-state index contributed by atoms with van der Waals surface area (Å²) in [6.07, 6.45) is 0.970. The Labute approximate surface area is 128 Å². The molecule has 0 aliphatic carbocycles. The molecule has 0 saturated carbocycles. The van der Waals surface area contributed by atoms with E-state index in [0.29, 0.717) is 4.47 Å². The van der Waals surface area contributed by atoms with Crippen molar-refractivity contribution in [3.63, 3.8) is 0 Å². The summed E-state index contributed by atoms with van der Waals surface area (Å²) in [5, 5.41) is 3.50. The molecular formula is C17H19BrFN. The number of aryl methyl sites for hydroxylation is 2. The van der Waals surface area contributed by atoms with Crippen molar-refractivity contribution in [1.82, 2.24) is 0 Å². The molecule has 2 rings (SSSR count). The van der Waals surface area contributed by atoms with Crippen LogP contribution in [0.1, 0.15) is 36.1 Å². The molecule has 0 fully saturated rings. The summed E-state index contributed by atoms with van der Waals surface area (Å²) >= 11 is 3.24. The average Bonchev–Trinajstić information content (AvgIpc) is 2.42. The minimum atomic E-state index is -0.226. The molecule has 0 saturated heterocycles. The maximum atomic E-state index is 13.5. The van der Waals surface area contributed by atoms with Crippen LogP contribution in [0.3, 0.4) is 0 Å². The van der Waals surface area contributed by atoms with Crippen molar-refractivity contribution in [2.24, 2.45) is 0 Å². The van der Waals surface area contributed by atoms with Gasteiger partial charge in [-0.1, -0.05) is 36.8 Å². The molecule has 1 unspecified atom stereocenters. The van der Waals surface area contributed by atoms with Gasteiger partial charge in [-0.05, 0) is 59.5 Å². The summed E-state index contributed by atoms with van der Waals surface area (Å²) in [4.78, 5) is 0. The second-order valence-electron chi connectivity index (χ2n) is 5.10. The van der Waals surface area contributed by atoms with Gasteiger partial charge in [-0.25, -0.2) is 4.39 Å². The van der Waals surface area contributed by atoms with Crippen LogP contribution in [0.2, 0.25) is 0 Å². The number of halogens is 2. The van der Waals surface area contributed by atoms with Gasteiger partial charge in [0.15, 0.2) is 0 Å². The summed E-state index contributed by atoms with van der Waals surface area (Å²) in [7, 11) is 0. The first kappa shape index (κ1) is 15.0. The zero-order chi connectivity index (χ0) is 14.7. The van der Waals surface area contributed by atoms with Gasteiger partial charge in [0.1, 0.15) is 5.82 Å². The number of nitrogens with one attached hydrogen (secondary N) is 1. The molecule has 0 bridgehead atoms. The van der Waals surface area contributed by atoms with Crippen LogP contribution in [0, 0.1) is 19.7 Å². The zero-order valence-electron chi connectivity index (χ0n) is 12.0. The van der Waals surface area contributed by atoms with Crippen molar-refractivity contribution >= 4 is 21.6 Å². The van der Waals surface area contributed by atoms with Gasteiger partial charge in [0.05, 0.1) is 10.5 Å². The third kappa shape index (κ3) is 3.40. The molecule has 0 aliphatic rings. The number of anilines is 1. The van der Waals surface area contributed by atoms with E-state index >= 15 is 0 Å². The lowest BCUT2D eigenvalue weighted by atomic mass is 10.0. The van der Waals surface area contributed by atoms with Crippen molar-refractivity contribution in [1.29, 1.82) is 0 Å². The van der Waals surface area contributed by atoms with E-state index < -0.39 is 0 Å². The second kappa shape index (κ2) is 6.40. The molecule has 20 heavy (non-hydrogen) atoms. The highest BCUT2D eigenvalue weighted by molar-refractivity contribution is 9.10. The van der Waals surface area contributed by atoms with Crippen LogP contribution in [0.15, 0.2) is 40.9 Å². The Bertz CT molecular complexity index is 593. The first-order valence-electron chi connectivity index (χ1n) is 6.80. The number of rotatable bonds is 4. The highest BCUT2D eigenvalue weighted by atomic mass is 79.9. The highest BCUT2D eigenvalue weighted by Gasteiger charge is 2.12. The Morgan fingerprint density at radius 3 is 2.40 bits per heavy atom. The van der Waals surface area contributed by atoms with Crippen LogP contribution in [0.5, 0.6) is 0 Å². The van der Waals surface area contributed by atoms with Crippen molar-refractivity contribution < 1.29 is 4.39 Å². The second-order valence-corrected chi connectivity index (χ2v) is 5.95. The molecule has 0 heterocycles. The van der Waals surface area contributed by atoms with Crippen LogP contribution >= 0.6 is 15.9 Å². The largest absolute Gasteiger partial charge is 0.378 e. The van der Waals surface area contributed by atoms with Gasteiger partial charge in [0.2, 0.25) is 0 Å². The Morgan fingerprint density at radius 2 is 1.80 bits per heavy atom. The molecule has 1 N–H and O–H groups in total. The molecule has 2 aromatic rings. The van der Waals surface area contributed by atoms with Crippen molar-refractivity contribution in [3.8, 4) is 0 Å². The van der Waals surface area contributed by atoms with E-state index in [0.717, 1.165) is 17.7 Å². The van der Waals surface area contributed by atoms with Crippen LogP contribution in [0.25, 0.3) is 0 Å². The molecule has 1 atom stereocenters. The SMILES string of the molecule is CCC(Nc1cc(Br)c(F)cc1C)c1ccc(C)cc1. The van der Waals surface area contributed by atoms with Crippen LogP contribution < -0.4 is 5.32 Å². The zero-order valence-corrected chi connectivity index (χ0v) is 13.6. The highest BCUT2D eigenvalue weighted by Crippen LogP contribution is 2.29. The van der Waals surface area contributed by atoms with E-state index in [1.807, 2.05) is 13.0 Å². The quantitative estimate of drug-likeness (QED) is 0.747. The Kier molecular flexibility index (Phi) is 4.81. The van der Waals surface area contributed by atoms with Gasteiger partial charge < -0.3 is 5.32 Å². The van der Waals surface area contributed by atoms with Gasteiger partial charge in [0.25, 0.3) is 0 Å². The van der Waals surface area contributed by atoms with Gasteiger partial charge >= 0.3 is 0 Å². The molecule has 1 nitrogen and oxygen atoms in total. The molecule has 106 valence electrons. The lowest BCUT2D eigenvalue weighted by molar-refractivity contribution is 0.619. The maximum absolute atomic E-state index is 13.5. The topological polar surface area (TPSA) is 12.0 Å². The third-order valence-electron chi connectivity index (χ3n) is 3.48. The van der Waals surface area contributed by atoms with Gasteiger partial charge in [-0.15, -0.1) is 0 Å². The first-order chi connectivity index (χ1) is 9.51. The van der Waals surface area contributed by atoms with Crippen LogP contribution in [0.4, 0.5) is 10.1 Å². The summed E-state index contributed by atoms with van der Waals surface area (Å²) in [5.41, 5.74) is 4.38. The monoisotopic (exact) mass is 335 g/mol. The first-order valence-corrected chi connectivity index (χ1v) is 7.59. The standard InChI is InChI=1S/C17H19BrFN/c1-4-16(13-7-5-11(2)6-8-13)20-17-10-14(18)15(19)9-12(17)3/h5-10,16,20H,4H2,1-3H3. The van der Waals surface area contributed by atoms with Gasteiger partial charge in [-0.3, -0.25) is 0 Å². The minimum absolute atomic E-state index is 0.226. The lowest BCUT2D eigenvalue weighted by Crippen LogP contribution is -2.10. The van der Waals surface area contributed by atoms with Crippen molar-refractivity contribution in [2.75, 3.05) is 5.32 Å². The fraction of sp³-hybridized carbons (Fsp3) is 0.294. The van der Waals surface area contributed by atoms with Crippen molar-refractivity contribution in [2.45, 2.75) is 33.2 Å². The lowest BCUT2D eigenvalue weighted by Gasteiger charge is -2.21. The minimum Gasteiger partial charge on any atom is -0.378 e. The Morgan fingerprint density at radius 1 is 1.15 bits per heavy atom. The van der Waals surface area contributed by atoms with E-state index in [-0.39, 0.29) is 11.9 Å². The molecule has 0 spiro atoms. The molecular weight excluding hydrogens is 317 g/mol. The molecule has 0 aromatic heterocycles. The van der Waals surface area contributed by atoms with E-state index in [9.17, 15) is 4.39 Å². The molecule has 0 aliphatic heterocycles.